The Hall–Kier alpha value is -1.84. The highest BCUT2D eigenvalue weighted by atomic mass is 16.5. The molecule has 0 spiro atoms. The molecule has 1 aromatic carbocycles. The molecular formula is C12H13NO3. The number of aldehydes is 1. The van der Waals surface area contributed by atoms with Gasteiger partial charge in [-0.15, -0.1) is 0 Å². The summed E-state index contributed by atoms with van der Waals surface area (Å²) in [5, 5.41) is 2.72. The molecule has 0 saturated heterocycles. The minimum atomic E-state index is -0.334. The number of carbonyl (C=O) groups excluding carboxylic acids is 2. The van der Waals surface area contributed by atoms with Gasteiger partial charge in [-0.25, -0.2) is 0 Å². The summed E-state index contributed by atoms with van der Waals surface area (Å²) in [6.45, 7) is 1.47. The van der Waals surface area contributed by atoms with Crippen LogP contribution in [-0.2, 0) is 16.0 Å². The lowest BCUT2D eigenvalue weighted by Gasteiger charge is -2.22. The van der Waals surface area contributed by atoms with E-state index >= 15 is 0 Å². The largest absolute Gasteiger partial charge is 0.483 e. The van der Waals surface area contributed by atoms with Gasteiger partial charge in [0.25, 0.3) is 0 Å². The Morgan fingerprint density at radius 3 is 3.06 bits per heavy atom. The van der Waals surface area contributed by atoms with Crippen LogP contribution in [0.25, 0.3) is 0 Å². The van der Waals surface area contributed by atoms with Crippen molar-refractivity contribution in [2.24, 2.45) is 0 Å². The van der Waals surface area contributed by atoms with Crippen LogP contribution in [0.4, 0.5) is 5.69 Å². The molecule has 1 aliphatic rings. The summed E-state index contributed by atoms with van der Waals surface area (Å²) in [6, 6.07) is 5.45. The van der Waals surface area contributed by atoms with E-state index < -0.39 is 0 Å². The van der Waals surface area contributed by atoms with Crippen molar-refractivity contribution in [3.63, 3.8) is 0 Å². The van der Waals surface area contributed by atoms with E-state index in [1.54, 1.807) is 12.1 Å². The van der Waals surface area contributed by atoms with Crippen molar-refractivity contribution in [1.29, 1.82) is 0 Å². The van der Waals surface area contributed by atoms with Crippen LogP contribution < -0.4 is 10.1 Å². The van der Waals surface area contributed by atoms with Crippen LogP contribution in [0.2, 0.25) is 0 Å². The molecule has 0 bridgehead atoms. The average Bonchev–Trinajstić information content (AvgIpc) is 2.27. The molecule has 0 saturated carbocycles. The molecule has 1 aromatic rings. The zero-order valence-corrected chi connectivity index (χ0v) is 9.03. The van der Waals surface area contributed by atoms with Gasteiger partial charge in [-0.3, -0.25) is 9.59 Å². The summed E-state index contributed by atoms with van der Waals surface area (Å²) in [4.78, 5) is 21.5. The Morgan fingerprint density at radius 1 is 1.56 bits per heavy atom. The normalized spacial score (nSPS) is 18.2. The first-order valence-electron chi connectivity index (χ1n) is 5.21. The number of hydrogen-bond donors (Lipinski definition) is 1. The summed E-state index contributed by atoms with van der Waals surface area (Å²) in [7, 11) is 0. The second-order valence-corrected chi connectivity index (χ2v) is 3.83. The number of nitrogens with one attached hydrogen (secondary N) is 1. The van der Waals surface area contributed by atoms with Gasteiger partial charge in [0.2, 0.25) is 5.91 Å². The van der Waals surface area contributed by atoms with E-state index in [1.807, 2.05) is 6.07 Å². The zero-order chi connectivity index (χ0) is 11.5. The third kappa shape index (κ3) is 2.21. The second kappa shape index (κ2) is 4.35. The number of aryl methyl sites for hydroxylation is 1. The summed E-state index contributed by atoms with van der Waals surface area (Å²) < 4.78 is 5.46. The smallest absolute Gasteiger partial charge is 0.221 e. The van der Waals surface area contributed by atoms with Crippen molar-refractivity contribution in [3.05, 3.63) is 23.8 Å². The Bertz CT molecular complexity index is 428. The van der Waals surface area contributed by atoms with Crippen LogP contribution in [0.3, 0.4) is 0 Å². The summed E-state index contributed by atoms with van der Waals surface area (Å²) in [5.74, 6) is 0.639. The number of ether oxygens (including phenoxy) is 1. The highest BCUT2D eigenvalue weighted by Gasteiger charge is 2.19. The first-order chi connectivity index (χ1) is 7.69. The third-order valence-electron chi connectivity index (χ3n) is 2.51. The summed E-state index contributed by atoms with van der Waals surface area (Å²) >= 11 is 0. The molecule has 0 radical (unpaired) electrons. The van der Waals surface area contributed by atoms with Crippen LogP contribution >= 0.6 is 0 Å². The average molecular weight is 219 g/mol. The fourth-order valence-electron chi connectivity index (χ4n) is 1.79. The van der Waals surface area contributed by atoms with Crippen LogP contribution in [0, 0.1) is 0 Å². The van der Waals surface area contributed by atoms with Crippen molar-refractivity contribution in [2.75, 3.05) is 5.32 Å². The maximum absolute atomic E-state index is 10.9. The molecule has 1 amide bonds. The molecule has 1 N–H and O–H groups in total. The maximum Gasteiger partial charge on any atom is 0.221 e. The number of hydrogen-bond acceptors (Lipinski definition) is 3. The minimum absolute atomic E-state index is 0.0950. The third-order valence-corrected chi connectivity index (χ3v) is 2.51. The van der Waals surface area contributed by atoms with Gasteiger partial charge < -0.3 is 10.1 Å². The minimum Gasteiger partial charge on any atom is -0.483 e. The van der Waals surface area contributed by atoms with Crippen LogP contribution in [0.15, 0.2) is 18.2 Å². The van der Waals surface area contributed by atoms with E-state index in [1.165, 1.54) is 6.92 Å². The molecule has 4 nitrogen and oxygen atoms in total. The molecule has 84 valence electrons. The number of fused-ring (bicyclic) bond motifs is 1. The Kier molecular flexibility index (Phi) is 2.90. The molecule has 1 atom stereocenters. The van der Waals surface area contributed by atoms with Crippen molar-refractivity contribution >= 4 is 17.9 Å². The van der Waals surface area contributed by atoms with Gasteiger partial charge in [0.1, 0.15) is 5.75 Å². The molecule has 1 aliphatic heterocycles. The number of carbonyl (C=O) groups is 2. The Balaban J connectivity index is 2.21. The predicted octanol–water partition coefficient (Wildman–Crippen LogP) is 1.54. The van der Waals surface area contributed by atoms with Crippen molar-refractivity contribution < 1.29 is 14.3 Å². The highest BCUT2D eigenvalue weighted by molar-refractivity contribution is 5.88. The fourth-order valence-corrected chi connectivity index (χ4v) is 1.79. The maximum atomic E-state index is 10.9. The lowest BCUT2D eigenvalue weighted by molar-refractivity contribution is -0.114. The first-order valence-corrected chi connectivity index (χ1v) is 5.21. The number of anilines is 1. The van der Waals surface area contributed by atoms with Gasteiger partial charge in [-0.05, 0) is 36.6 Å². The van der Waals surface area contributed by atoms with Gasteiger partial charge in [-0.2, -0.15) is 0 Å². The van der Waals surface area contributed by atoms with E-state index in [9.17, 15) is 9.59 Å². The van der Waals surface area contributed by atoms with E-state index in [0.29, 0.717) is 6.42 Å². The molecule has 1 unspecified atom stereocenters. The van der Waals surface area contributed by atoms with Crippen LogP contribution in [-0.4, -0.2) is 18.3 Å². The molecule has 16 heavy (non-hydrogen) atoms. The monoisotopic (exact) mass is 219 g/mol. The highest BCUT2D eigenvalue weighted by Crippen LogP contribution is 2.29. The van der Waals surface area contributed by atoms with Crippen LogP contribution in [0.1, 0.15) is 18.9 Å². The van der Waals surface area contributed by atoms with E-state index in [-0.39, 0.29) is 12.0 Å². The summed E-state index contributed by atoms with van der Waals surface area (Å²) in [5.41, 5.74) is 1.80. The van der Waals surface area contributed by atoms with Gasteiger partial charge in [0, 0.05) is 12.6 Å². The predicted molar refractivity (Wildman–Crippen MR) is 59.5 cm³/mol. The van der Waals surface area contributed by atoms with Gasteiger partial charge >= 0.3 is 0 Å². The van der Waals surface area contributed by atoms with Crippen molar-refractivity contribution in [2.45, 2.75) is 25.9 Å². The Morgan fingerprint density at radius 2 is 2.38 bits per heavy atom. The van der Waals surface area contributed by atoms with Gasteiger partial charge in [0.15, 0.2) is 12.4 Å². The Labute approximate surface area is 93.6 Å². The standard InChI is InChI=1S/C12H13NO3/c1-8(15)13-10-3-5-12-9(6-10)2-4-11(7-14)16-12/h3,5-7,11H,2,4H2,1H3,(H,13,15). The molecule has 0 aromatic heterocycles. The van der Waals surface area contributed by atoms with E-state index in [0.717, 1.165) is 29.7 Å². The molecular weight excluding hydrogens is 206 g/mol. The number of rotatable bonds is 2. The fraction of sp³-hybridized carbons (Fsp3) is 0.333. The van der Waals surface area contributed by atoms with E-state index in [4.69, 9.17) is 4.74 Å². The number of benzene rings is 1. The summed E-state index contributed by atoms with van der Waals surface area (Å²) in [6.07, 6.45) is 1.98. The van der Waals surface area contributed by atoms with Gasteiger partial charge in [0.05, 0.1) is 0 Å². The number of amides is 1. The van der Waals surface area contributed by atoms with Gasteiger partial charge in [-0.1, -0.05) is 0 Å². The van der Waals surface area contributed by atoms with E-state index in [2.05, 4.69) is 5.32 Å². The molecule has 4 heteroatoms. The first kappa shape index (κ1) is 10.7. The lowest BCUT2D eigenvalue weighted by Crippen LogP contribution is -2.23. The van der Waals surface area contributed by atoms with Crippen molar-refractivity contribution in [3.8, 4) is 5.75 Å². The molecule has 1 heterocycles. The molecule has 0 aliphatic carbocycles. The molecule has 0 fully saturated rings. The molecule has 2 rings (SSSR count). The second-order valence-electron chi connectivity index (χ2n) is 3.83. The quantitative estimate of drug-likeness (QED) is 0.767. The van der Waals surface area contributed by atoms with Crippen molar-refractivity contribution in [1.82, 2.24) is 0 Å². The zero-order valence-electron chi connectivity index (χ0n) is 9.03. The van der Waals surface area contributed by atoms with Crippen LogP contribution in [0.5, 0.6) is 5.75 Å². The lowest BCUT2D eigenvalue weighted by atomic mass is 10.0. The SMILES string of the molecule is CC(=O)Nc1ccc2c(c1)CCC(C=O)O2. The topological polar surface area (TPSA) is 55.4 Å².